The maximum Gasteiger partial charge on any atom is 0.127 e. The lowest BCUT2D eigenvalue weighted by atomic mass is 10.1. The Morgan fingerprint density at radius 1 is 0.500 bits per heavy atom. The van der Waals surface area contributed by atoms with Gasteiger partial charge in [-0.3, -0.25) is 4.98 Å². The van der Waals surface area contributed by atoms with E-state index in [9.17, 15) is 0 Å². The Morgan fingerprint density at radius 2 is 0.921 bits per heavy atom. The zero-order chi connectivity index (χ0) is 26.8. The molecule has 38 heavy (non-hydrogen) atoms. The second-order valence-corrected chi connectivity index (χ2v) is 7.82. The summed E-state index contributed by atoms with van der Waals surface area (Å²) in [5, 5.41) is 10.7. The summed E-state index contributed by atoms with van der Waals surface area (Å²) in [7, 11) is 0. The topological polar surface area (TPSA) is 116 Å². The van der Waals surface area contributed by atoms with E-state index in [-0.39, 0.29) is 6.61 Å². The number of aliphatic hydroxyl groups excluding tert-OH is 1. The van der Waals surface area contributed by atoms with Crippen LogP contribution in [0, 0.1) is 0 Å². The SMILES string of the molecule is OCCOCCOCCOCCOCCOCCOCCOCCOCCOc1cccc2cnccc12. The molecule has 2 aromatic rings. The molecule has 0 aliphatic carbocycles. The number of benzene rings is 1. The van der Waals surface area contributed by atoms with Crippen molar-refractivity contribution in [1.82, 2.24) is 4.98 Å². The number of ether oxygens (including phenoxy) is 9. The van der Waals surface area contributed by atoms with E-state index in [4.69, 9.17) is 47.7 Å². The average Bonchev–Trinajstić information content (AvgIpc) is 2.95. The zero-order valence-electron chi connectivity index (χ0n) is 22.3. The van der Waals surface area contributed by atoms with Crippen LogP contribution in [0.5, 0.6) is 5.75 Å². The fraction of sp³-hybridized carbons (Fsp3) is 0.667. The lowest BCUT2D eigenvalue weighted by Crippen LogP contribution is -2.15. The Balaban J connectivity index is 1.23. The summed E-state index contributed by atoms with van der Waals surface area (Å²) in [5.41, 5.74) is 0. The minimum atomic E-state index is 0.0275. The highest BCUT2D eigenvalue weighted by Crippen LogP contribution is 2.24. The summed E-state index contributed by atoms with van der Waals surface area (Å²) >= 11 is 0. The molecule has 1 aromatic carbocycles. The van der Waals surface area contributed by atoms with Gasteiger partial charge in [-0.25, -0.2) is 0 Å². The quantitative estimate of drug-likeness (QED) is 0.167. The van der Waals surface area contributed by atoms with E-state index in [0.717, 1.165) is 16.5 Å². The Bertz CT molecular complexity index is 792. The lowest BCUT2D eigenvalue weighted by molar-refractivity contribution is -0.0242. The van der Waals surface area contributed by atoms with Crippen LogP contribution in [0.3, 0.4) is 0 Å². The molecule has 0 saturated heterocycles. The molecule has 1 aromatic heterocycles. The molecule has 0 bridgehead atoms. The minimum Gasteiger partial charge on any atom is -0.491 e. The third-order valence-corrected chi connectivity index (χ3v) is 4.97. The number of fused-ring (bicyclic) bond motifs is 1. The van der Waals surface area contributed by atoms with E-state index >= 15 is 0 Å². The molecule has 0 atom stereocenters. The zero-order valence-corrected chi connectivity index (χ0v) is 22.3. The second kappa shape index (κ2) is 24.1. The van der Waals surface area contributed by atoms with Crippen LogP contribution in [-0.2, 0) is 37.9 Å². The van der Waals surface area contributed by atoms with Crippen LogP contribution in [0.1, 0.15) is 0 Å². The minimum absolute atomic E-state index is 0.0275. The average molecular weight is 542 g/mol. The Morgan fingerprint density at radius 3 is 1.37 bits per heavy atom. The number of hydrogen-bond acceptors (Lipinski definition) is 11. The Labute approximate surface area is 225 Å². The summed E-state index contributed by atoms with van der Waals surface area (Å²) in [5.74, 6) is 0.833. The van der Waals surface area contributed by atoms with Crippen molar-refractivity contribution in [3.05, 3.63) is 36.7 Å². The first-order valence-corrected chi connectivity index (χ1v) is 13.1. The van der Waals surface area contributed by atoms with Crippen LogP contribution in [0.15, 0.2) is 36.7 Å². The van der Waals surface area contributed by atoms with Crippen molar-refractivity contribution < 1.29 is 47.7 Å². The summed E-state index contributed by atoms with van der Waals surface area (Å²) < 4.78 is 49.0. The van der Waals surface area contributed by atoms with Crippen molar-refractivity contribution in [3.63, 3.8) is 0 Å². The van der Waals surface area contributed by atoms with Crippen LogP contribution in [-0.4, -0.2) is 129 Å². The summed E-state index contributed by atoms with van der Waals surface area (Å²) in [6.45, 7) is 8.40. The molecule has 216 valence electrons. The fourth-order valence-corrected chi connectivity index (χ4v) is 3.14. The van der Waals surface area contributed by atoms with Gasteiger partial charge in [0.1, 0.15) is 12.4 Å². The van der Waals surface area contributed by atoms with Gasteiger partial charge in [0.2, 0.25) is 0 Å². The number of aromatic nitrogens is 1. The van der Waals surface area contributed by atoms with E-state index in [1.807, 2.05) is 30.5 Å². The Hall–Kier alpha value is -1.93. The summed E-state index contributed by atoms with van der Waals surface area (Å²) in [6, 6.07) is 7.86. The maximum absolute atomic E-state index is 8.57. The molecular formula is C27H43NO10. The van der Waals surface area contributed by atoms with Crippen LogP contribution >= 0.6 is 0 Å². The molecular weight excluding hydrogens is 498 g/mol. The molecule has 11 heteroatoms. The predicted molar refractivity (Wildman–Crippen MR) is 141 cm³/mol. The summed E-state index contributed by atoms with van der Waals surface area (Å²) in [4.78, 5) is 4.13. The molecule has 11 nitrogen and oxygen atoms in total. The summed E-state index contributed by atoms with van der Waals surface area (Å²) in [6.07, 6.45) is 3.58. The van der Waals surface area contributed by atoms with E-state index in [0.29, 0.717) is 112 Å². The standard InChI is InChI=1S/C27H43NO10/c29-6-7-30-8-9-31-10-11-32-12-13-33-14-15-34-16-17-35-18-19-36-20-21-37-22-23-38-27-3-1-2-25-24-28-5-4-26(25)27/h1-5,24,29H,6-23H2. The molecule has 0 aliphatic heterocycles. The van der Waals surface area contributed by atoms with Crippen molar-refractivity contribution in [3.8, 4) is 5.75 Å². The number of aliphatic hydroxyl groups is 1. The van der Waals surface area contributed by atoms with Gasteiger partial charge in [0.05, 0.1) is 112 Å². The number of pyridine rings is 1. The van der Waals surface area contributed by atoms with Crippen molar-refractivity contribution in [2.45, 2.75) is 0 Å². The van der Waals surface area contributed by atoms with Crippen molar-refractivity contribution in [2.24, 2.45) is 0 Å². The molecule has 1 N–H and O–H groups in total. The third-order valence-electron chi connectivity index (χ3n) is 4.97. The van der Waals surface area contributed by atoms with E-state index in [1.165, 1.54) is 0 Å². The van der Waals surface area contributed by atoms with Gasteiger partial charge in [-0.1, -0.05) is 12.1 Å². The molecule has 0 amide bonds. The van der Waals surface area contributed by atoms with Gasteiger partial charge in [-0.15, -0.1) is 0 Å². The highest BCUT2D eigenvalue weighted by Gasteiger charge is 2.01. The van der Waals surface area contributed by atoms with Crippen LogP contribution in [0.2, 0.25) is 0 Å². The molecule has 0 spiro atoms. The van der Waals surface area contributed by atoms with Gasteiger partial charge >= 0.3 is 0 Å². The predicted octanol–water partition coefficient (Wildman–Crippen LogP) is 1.74. The van der Waals surface area contributed by atoms with E-state index in [2.05, 4.69) is 4.98 Å². The Kier molecular flexibility index (Phi) is 20.5. The third kappa shape index (κ3) is 16.8. The van der Waals surface area contributed by atoms with Gasteiger partial charge < -0.3 is 47.7 Å². The monoisotopic (exact) mass is 541 g/mol. The highest BCUT2D eigenvalue weighted by molar-refractivity contribution is 5.87. The molecule has 0 saturated carbocycles. The smallest absolute Gasteiger partial charge is 0.127 e. The van der Waals surface area contributed by atoms with Crippen molar-refractivity contribution >= 4 is 10.8 Å². The van der Waals surface area contributed by atoms with Crippen LogP contribution < -0.4 is 4.74 Å². The fourth-order valence-electron chi connectivity index (χ4n) is 3.14. The molecule has 0 radical (unpaired) electrons. The molecule has 2 rings (SSSR count). The van der Waals surface area contributed by atoms with Gasteiger partial charge in [-0.05, 0) is 12.1 Å². The van der Waals surface area contributed by atoms with Gasteiger partial charge in [0, 0.05) is 23.2 Å². The van der Waals surface area contributed by atoms with Gasteiger partial charge in [-0.2, -0.15) is 0 Å². The highest BCUT2D eigenvalue weighted by atomic mass is 16.6. The first kappa shape index (κ1) is 32.3. The van der Waals surface area contributed by atoms with Gasteiger partial charge in [0.15, 0.2) is 0 Å². The molecule has 0 unspecified atom stereocenters. The van der Waals surface area contributed by atoms with Gasteiger partial charge in [0.25, 0.3) is 0 Å². The van der Waals surface area contributed by atoms with E-state index < -0.39 is 0 Å². The van der Waals surface area contributed by atoms with E-state index in [1.54, 1.807) is 6.20 Å². The first-order chi connectivity index (χ1) is 18.9. The van der Waals surface area contributed by atoms with Crippen molar-refractivity contribution in [2.75, 3.05) is 119 Å². The normalized spacial score (nSPS) is 11.4. The van der Waals surface area contributed by atoms with Crippen LogP contribution in [0.4, 0.5) is 0 Å². The lowest BCUT2D eigenvalue weighted by Gasteiger charge is -2.10. The van der Waals surface area contributed by atoms with Crippen molar-refractivity contribution in [1.29, 1.82) is 0 Å². The molecule has 1 heterocycles. The molecule has 0 aliphatic rings. The maximum atomic E-state index is 8.57. The number of rotatable bonds is 27. The first-order valence-electron chi connectivity index (χ1n) is 13.1. The molecule has 0 fully saturated rings. The second-order valence-electron chi connectivity index (χ2n) is 7.82. The number of hydrogen-bond donors (Lipinski definition) is 1. The largest absolute Gasteiger partial charge is 0.491 e. The van der Waals surface area contributed by atoms with Crippen LogP contribution in [0.25, 0.3) is 10.8 Å². The number of nitrogens with zero attached hydrogens (tertiary/aromatic N) is 1.